The van der Waals surface area contributed by atoms with Crippen LogP contribution in [0.1, 0.15) is 24.0 Å². The van der Waals surface area contributed by atoms with Gasteiger partial charge in [-0.25, -0.2) is 4.79 Å². The second-order valence-electron chi connectivity index (χ2n) is 9.44. The van der Waals surface area contributed by atoms with E-state index >= 15 is 0 Å². The van der Waals surface area contributed by atoms with Crippen molar-refractivity contribution in [2.45, 2.75) is 39.4 Å². The van der Waals surface area contributed by atoms with Crippen molar-refractivity contribution in [1.29, 1.82) is 0 Å². The van der Waals surface area contributed by atoms with Crippen molar-refractivity contribution < 1.29 is 19.1 Å². The number of benzene rings is 3. The maximum absolute atomic E-state index is 13.4. The molecule has 1 heterocycles. The Morgan fingerprint density at radius 2 is 1.61 bits per heavy atom. The molecule has 0 aliphatic carbocycles. The van der Waals surface area contributed by atoms with Crippen molar-refractivity contribution in [3.05, 3.63) is 97.7 Å². The zero-order chi connectivity index (χ0) is 29.5. The maximum Gasteiger partial charge on any atom is 0.331 e. The van der Waals surface area contributed by atoms with Gasteiger partial charge in [0, 0.05) is 25.6 Å². The Labute approximate surface area is 241 Å². The zero-order valence-electron chi connectivity index (χ0n) is 23.0. The Morgan fingerprint density at radius 1 is 0.902 bits per heavy atom. The van der Waals surface area contributed by atoms with Gasteiger partial charge in [-0.05, 0) is 37.1 Å². The molecule has 0 aliphatic heterocycles. The highest BCUT2D eigenvalue weighted by atomic mass is 35.5. The maximum atomic E-state index is 13.4. The number of amides is 2. The van der Waals surface area contributed by atoms with E-state index in [-0.39, 0.29) is 42.2 Å². The van der Waals surface area contributed by atoms with Gasteiger partial charge in [-0.1, -0.05) is 53.6 Å². The number of hydrogen-bond acceptors (Lipinski definition) is 6. The van der Waals surface area contributed by atoms with Gasteiger partial charge in [-0.3, -0.25) is 23.5 Å². The Morgan fingerprint density at radius 3 is 2.32 bits per heavy atom. The fraction of sp³-hybridized carbons (Fsp3) is 0.267. The molecule has 2 amide bonds. The van der Waals surface area contributed by atoms with Crippen LogP contribution in [-0.4, -0.2) is 35.2 Å². The van der Waals surface area contributed by atoms with E-state index in [1.807, 2.05) is 31.2 Å². The van der Waals surface area contributed by atoms with E-state index in [9.17, 15) is 19.2 Å². The molecule has 2 N–H and O–H groups in total. The van der Waals surface area contributed by atoms with Gasteiger partial charge in [0.25, 0.3) is 5.56 Å². The summed E-state index contributed by atoms with van der Waals surface area (Å²) in [5.74, 6) is -0.0225. The summed E-state index contributed by atoms with van der Waals surface area (Å²) in [7, 11) is 2.90. The van der Waals surface area contributed by atoms with Crippen LogP contribution in [0.25, 0.3) is 10.9 Å². The van der Waals surface area contributed by atoms with Crippen LogP contribution in [0.2, 0.25) is 5.02 Å². The fourth-order valence-electron chi connectivity index (χ4n) is 4.40. The number of hydrogen-bond donors (Lipinski definition) is 2. The predicted molar refractivity (Wildman–Crippen MR) is 158 cm³/mol. The molecule has 0 spiro atoms. The lowest BCUT2D eigenvalue weighted by Gasteiger charge is -2.16. The number of ether oxygens (including phenoxy) is 2. The Balaban J connectivity index is 1.51. The van der Waals surface area contributed by atoms with E-state index in [1.54, 1.807) is 24.3 Å². The van der Waals surface area contributed by atoms with Gasteiger partial charge in [-0.15, -0.1) is 0 Å². The van der Waals surface area contributed by atoms with Crippen molar-refractivity contribution in [2.75, 3.05) is 19.5 Å². The van der Waals surface area contributed by atoms with Crippen molar-refractivity contribution in [3.63, 3.8) is 0 Å². The highest BCUT2D eigenvalue weighted by molar-refractivity contribution is 6.32. The Kier molecular flexibility index (Phi) is 9.46. The van der Waals surface area contributed by atoms with Crippen LogP contribution in [0.4, 0.5) is 5.69 Å². The Bertz CT molecular complexity index is 1690. The van der Waals surface area contributed by atoms with Crippen molar-refractivity contribution in [3.8, 4) is 11.5 Å². The van der Waals surface area contributed by atoms with Gasteiger partial charge >= 0.3 is 5.69 Å². The third-order valence-corrected chi connectivity index (χ3v) is 6.87. The lowest BCUT2D eigenvalue weighted by atomic mass is 10.1. The van der Waals surface area contributed by atoms with Gasteiger partial charge in [0.2, 0.25) is 11.8 Å². The van der Waals surface area contributed by atoms with Gasteiger partial charge in [0.05, 0.1) is 35.8 Å². The molecule has 0 fully saturated rings. The SMILES string of the molecule is COc1cc(OC)c(NC(=O)Cn2c(=O)n(CCCC(=O)NCc3ccc(C)cc3)c(=O)c3ccccc32)cc1Cl. The summed E-state index contributed by atoms with van der Waals surface area (Å²) >= 11 is 6.22. The molecular weight excluding hydrogens is 548 g/mol. The molecule has 0 atom stereocenters. The first-order valence-electron chi connectivity index (χ1n) is 13.0. The molecule has 0 saturated carbocycles. The van der Waals surface area contributed by atoms with Crippen LogP contribution in [0.15, 0.2) is 70.3 Å². The number of methoxy groups -OCH3 is 2. The second-order valence-corrected chi connectivity index (χ2v) is 9.85. The highest BCUT2D eigenvalue weighted by Crippen LogP contribution is 2.35. The molecule has 0 saturated heterocycles. The molecule has 0 radical (unpaired) electrons. The molecule has 1 aromatic heterocycles. The minimum Gasteiger partial charge on any atom is -0.495 e. The van der Waals surface area contributed by atoms with Gasteiger partial charge in [0.1, 0.15) is 18.0 Å². The second kappa shape index (κ2) is 13.2. The summed E-state index contributed by atoms with van der Waals surface area (Å²) in [6.07, 6.45) is 0.393. The number of anilines is 1. The number of carbonyl (C=O) groups is 2. The molecule has 0 aliphatic rings. The van der Waals surface area contributed by atoms with Crippen LogP contribution < -0.4 is 31.4 Å². The number of carbonyl (C=O) groups excluding carboxylic acids is 2. The van der Waals surface area contributed by atoms with Gasteiger partial charge in [-0.2, -0.15) is 0 Å². The quantitative estimate of drug-likeness (QED) is 0.279. The third kappa shape index (κ3) is 6.96. The van der Waals surface area contributed by atoms with E-state index in [0.29, 0.717) is 29.2 Å². The average molecular weight is 579 g/mol. The molecule has 10 nitrogen and oxygen atoms in total. The van der Waals surface area contributed by atoms with Crippen LogP contribution in [0.3, 0.4) is 0 Å². The minimum atomic E-state index is -0.649. The number of nitrogens with one attached hydrogen (secondary N) is 2. The van der Waals surface area contributed by atoms with Crippen molar-refractivity contribution in [1.82, 2.24) is 14.5 Å². The van der Waals surface area contributed by atoms with Crippen LogP contribution in [-0.2, 0) is 29.2 Å². The lowest BCUT2D eigenvalue weighted by molar-refractivity contribution is -0.121. The van der Waals surface area contributed by atoms with Crippen LogP contribution in [0.5, 0.6) is 11.5 Å². The summed E-state index contributed by atoms with van der Waals surface area (Å²) < 4.78 is 12.8. The number of nitrogens with zero attached hydrogens (tertiary/aromatic N) is 2. The zero-order valence-corrected chi connectivity index (χ0v) is 23.8. The first-order chi connectivity index (χ1) is 19.7. The number of aryl methyl sites for hydroxylation is 1. The summed E-state index contributed by atoms with van der Waals surface area (Å²) in [6, 6.07) is 17.4. The summed E-state index contributed by atoms with van der Waals surface area (Å²) in [5, 5.41) is 6.12. The molecule has 41 heavy (non-hydrogen) atoms. The average Bonchev–Trinajstić information content (AvgIpc) is 2.97. The van der Waals surface area contributed by atoms with Crippen molar-refractivity contribution in [2.24, 2.45) is 0 Å². The van der Waals surface area contributed by atoms with Crippen molar-refractivity contribution >= 4 is 40.0 Å². The first-order valence-corrected chi connectivity index (χ1v) is 13.4. The molecule has 11 heteroatoms. The molecule has 3 aromatic carbocycles. The fourth-order valence-corrected chi connectivity index (χ4v) is 4.65. The number of fused-ring (bicyclic) bond motifs is 1. The molecular formula is C30H31ClN4O6. The van der Waals surface area contributed by atoms with E-state index in [0.717, 1.165) is 15.7 Å². The monoisotopic (exact) mass is 578 g/mol. The minimum absolute atomic E-state index is 0.0178. The summed E-state index contributed by atoms with van der Waals surface area (Å²) in [6.45, 7) is 2.03. The first kappa shape index (κ1) is 29.4. The molecule has 0 unspecified atom stereocenters. The third-order valence-electron chi connectivity index (χ3n) is 6.58. The van der Waals surface area contributed by atoms with E-state index in [2.05, 4.69) is 10.6 Å². The summed E-state index contributed by atoms with van der Waals surface area (Å²) in [5.41, 5.74) is 1.60. The number of halogens is 1. The molecule has 214 valence electrons. The smallest absolute Gasteiger partial charge is 0.331 e. The normalized spacial score (nSPS) is 10.8. The number of aromatic nitrogens is 2. The Hall–Kier alpha value is -4.57. The van der Waals surface area contributed by atoms with Gasteiger partial charge in [0.15, 0.2) is 0 Å². The highest BCUT2D eigenvalue weighted by Gasteiger charge is 2.18. The van der Waals surface area contributed by atoms with E-state index in [4.69, 9.17) is 21.1 Å². The van der Waals surface area contributed by atoms with Gasteiger partial charge < -0.3 is 20.1 Å². The number of para-hydroxylation sites is 1. The summed E-state index contributed by atoms with van der Waals surface area (Å²) in [4.78, 5) is 52.1. The topological polar surface area (TPSA) is 121 Å². The van der Waals surface area contributed by atoms with E-state index < -0.39 is 17.2 Å². The number of rotatable bonds is 11. The van der Waals surface area contributed by atoms with Crippen LogP contribution >= 0.6 is 11.6 Å². The van der Waals surface area contributed by atoms with E-state index in [1.165, 1.54) is 30.9 Å². The molecule has 0 bridgehead atoms. The largest absolute Gasteiger partial charge is 0.495 e. The lowest BCUT2D eigenvalue weighted by Crippen LogP contribution is -2.42. The standard InChI is InChI=1S/C30H31ClN4O6/c1-19-10-12-20(13-11-19)17-32-27(36)9-6-14-34-29(38)21-7-4-5-8-24(21)35(30(34)39)18-28(37)33-23-15-22(31)25(40-2)16-26(23)41-3/h4-5,7-8,10-13,15-16H,6,9,14,17-18H2,1-3H3,(H,32,36)(H,33,37). The predicted octanol–water partition coefficient (Wildman–Crippen LogP) is 3.88. The molecule has 4 aromatic rings. The van der Waals surface area contributed by atoms with Crippen LogP contribution in [0, 0.1) is 6.92 Å². The molecule has 4 rings (SSSR count).